The van der Waals surface area contributed by atoms with Crippen LogP contribution in [0.4, 0.5) is 5.69 Å². The first-order valence-corrected chi connectivity index (χ1v) is 8.75. The van der Waals surface area contributed by atoms with Gasteiger partial charge >= 0.3 is 0 Å². The van der Waals surface area contributed by atoms with Crippen molar-refractivity contribution in [2.45, 2.75) is 18.4 Å². The molecule has 2 atom stereocenters. The minimum atomic E-state index is -3.37. The van der Waals surface area contributed by atoms with Gasteiger partial charge in [-0.05, 0) is 36.2 Å². The van der Waals surface area contributed by atoms with E-state index in [-0.39, 0.29) is 24.2 Å². The summed E-state index contributed by atoms with van der Waals surface area (Å²) in [6, 6.07) is 8.45. The van der Waals surface area contributed by atoms with Gasteiger partial charge in [0.2, 0.25) is 10.0 Å². The predicted octanol–water partition coefficient (Wildman–Crippen LogP) is 2.06. The highest BCUT2D eigenvalue weighted by atomic mass is 35.5. The summed E-state index contributed by atoms with van der Waals surface area (Å²) in [4.78, 5) is 4.35. The summed E-state index contributed by atoms with van der Waals surface area (Å²) in [5.74, 6) is 0.413. The van der Waals surface area contributed by atoms with Gasteiger partial charge in [-0.2, -0.15) is 0 Å². The monoisotopic (exact) mass is 355 g/mol. The molecule has 1 aliphatic carbocycles. The van der Waals surface area contributed by atoms with Gasteiger partial charge in [-0.1, -0.05) is 6.07 Å². The van der Waals surface area contributed by atoms with Gasteiger partial charge in [0.1, 0.15) is 5.75 Å². The molecule has 2 aromatic rings. The maximum absolute atomic E-state index is 11.3. The highest BCUT2D eigenvalue weighted by Gasteiger charge is 2.34. The number of sulfonamides is 1. The van der Waals surface area contributed by atoms with Crippen molar-refractivity contribution in [3.8, 4) is 17.0 Å². The second-order valence-corrected chi connectivity index (χ2v) is 7.34. The van der Waals surface area contributed by atoms with E-state index in [4.69, 9.17) is 5.73 Å². The molecule has 0 aliphatic heterocycles. The Bertz CT molecular complexity index is 809. The van der Waals surface area contributed by atoms with Crippen LogP contribution in [-0.4, -0.2) is 30.8 Å². The fourth-order valence-electron chi connectivity index (χ4n) is 2.40. The highest BCUT2D eigenvalue weighted by Crippen LogP contribution is 2.39. The normalized spacial score (nSPS) is 19.7. The van der Waals surface area contributed by atoms with Gasteiger partial charge in [0.15, 0.2) is 0 Å². The number of hydrogen-bond acceptors (Lipinski definition) is 5. The van der Waals surface area contributed by atoms with Crippen LogP contribution in [0, 0.1) is 0 Å². The van der Waals surface area contributed by atoms with Crippen LogP contribution >= 0.6 is 12.4 Å². The lowest BCUT2D eigenvalue weighted by Crippen LogP contribution is -2.09. The largest absolute Gasteiger partial charge is 0.507 e. The summed E-state index contributed by atoms with van der Waals surface area (Å²) in [6.07, 6.45) is 3.80. The molecule has 0 radical (unpaired) electrons. The third kappa shape index (κ3) is 4.13. The molecule has 4 N–H and O–H groups in total. The van der Waals surface area contributed by atoms with E-state index in [9.17, 15) is 13.5 Å². The van der Waals surface area contributed by atoms with Gasteiger partial charge in [-0.25, -0.2) is 8.42 Å². The van der Waals surface area contributed by atoms with Crippen molar-refractivity contribution >= 4 is 28.1 Å². The van der Waals surface area contributed by atoms with Crippen LogP contribution in [0.25, 0.3) is 11.3 Å². The van der Waals surface area contributed by atoms with Gasteiger partial charge in [-0.3, -0.25) is 9.71 Å². The minimum absolute atomic E-state index is 0. The molecule has 0 spiro atoms. The van der Waals surface area contributed by atoms with Crippen LogP contribution in [-0.2, 0) is 10.0 Å². The zero-order chi connectivity index (χ0) is 15.9. The number of benzene rings is 1. The van der Waals surface area contributed by atoms with Crippen LogP contribution < -0.4 is 10.5 Å². The average molecular weight is 356 g/mol. The summed E-state index contributed by atoms with van der Waals surface area (Å²) in [5.41, 5.74) is 8.33. The van der Waals surface area contributed by atoms with Crippen molar-refractivity contribution in [2.75, 3.05) is 11.0 Å². The van der Waals surface area contributed by atoms with Crippen molar-refractivity contribution in [2.24, 2.45) is 5.73 Å². The molecule has 6 nitrogen and oxygen atoms in total. The highest BCUT2D eigenvalue weighted by molar-refractivity contribution is 7.92. The van der Waals surface area contributed by atoms with Crippen LogP contribution in [0.15, 0.2) is 36.5 Å². The summed E-state index contributed by atoms with van der Waals surface area (Å²) in [5, 5.41) is 9.98. The number of pyridine rings is 1. The third-order valence-electron chi connectivity index (χ3n) is 3.63. The molecular weight excluding hydrogens is 338 g/mol. The average Bonchev–Trinajstić information content (AvgIpc) is 3.17. The van der Waals surface area contributed by atoms with Crippen LogP contribution in [0.5, 0.6) is 5.75 Å². The zero-order valence-corrected chi connectivity index (χ0v) is 14.1. The number of nitrogens with zero attached hydrogens (tertiary/aromatic N) is 1. The first-order valence-electron chi connectivity index (χ1n) is 6.86. The Kier molecular flexibility index (Phi) is 4.84. The van der Waals surface area contributed by atoms with Crippen LogP contribution in [0.1, 0.15) is 17.9 Å². The van der Waals surface area contributed by atoms with Crippen LogP contribution in [0.2, 0.25) is 0 Å². The summed E-state index contributed by atoms with van der Waals surface area (Å²) in [7, 11) is -3.37. The smallest absolute Gasteiger partial charge is 0.229 e. The molecule has 23 heavy (non-hydrogen) atoms. The van der Waals surface area contributed by atoms with E-state index in [1.54, 1.807) is 18.3 Å². The van der Waals surface area contributed by atoms with E-state index in [1.165, 1.54) is 12.1 Å². The predicted molar refractivity (Wildman–Crippen MR) is 92.4 cm³/mol. The van der Waals surface area contributed by atoms with E-state index in [1.807, 2.05) is 6.07 Å². The molecule has 0 unspecified atom stereocenters. The fraction of sp³-hybridized carbons (Fsp3) is 0.267. The Hall–Kier alpha value is -1.83. The Morgan fingerprint density at radius 3 is 2.52 bits per heavy atom. The first-order chi connectivity index (χ1) is 10.3. The molecule has 1 aliphatic rings. The number of nitrogens with one attached hydrogen (secondary N) is 1. The second-order valence-electron chi connectivity index (χ2n) is 5.59. The van der Waals surface area contributed by atoms with Crippen molar-refractivity contribution in [3.05, 3.63) is 42.1 Å². The van der Waals surface area contributed by atoms with Crippen LogP contribution in [0.3, 0.4) is 0 Å². The Balaban J connectivity index is 0.00000192. The number of phenols is 1. The third-order valence-corrected chi connectivity index (χ3v) is 4.24. The Morgan fingerprint density at radius 1 is 1.30 bits per heavy atom. The minimum Gasteiger partial charge on any atom is -0.507 e. The second kappa shape index (κ2) is 6.35. The summed E-state index contributed by atoms with van der Waals surface area (Å²) in [6.45, 7) is 0. The number of anilines is 1. The Morgan fingerprint density at radius 2 is 2.00 bits per heavy atom. The molecule has 0 amide bonds. The van der Waals surface area contributed by atoms with Gasteiger partial charge in [0.25, 0.3) is 0 Å². The molecule has 1 aromatic heterocycles. The molecule has 8 heteroatoms. The van der Waals surface area contributed by atoms with Crippen molar-refractivity contribution in [1.29, 1.82) is 0 Å². The van der Waals surface area contributed by atoms with Gasteiger partial charge in [0.05, 0.1) is 11.9 Å². The molecule has 1 heterocycles. The summed E-state index contributed by atoms with van der Waals surface area (Å²) < 4.78 is 25.0. The molecule has 3 rings (SSSR count). The number of phenolic OH excluding ortho intramolecular Hbond substituents is 1. The molecule has 124 valence electrons. The first kappa shape index (κ1) is 17.5. The topological polar surface area (TPSA) is 105 Å². The quantitative estimate of drug-likeness (QED) is 0.728. The molecule has 1 aromatic carbocycles. The maximum Gasteiger partial charge on any atom is 0.229 e. The number of rotatable bonds is 4. The van der Waals surface area contributed by atoms with E-state index >= 15 is 0 Å². The van der Waals surface area contributed by atoms with E-state index < -0.39 is 10.0 Å². The SMILES string of the molecule is CS(=O)(=O)Nc1ccc(O)c(-c2ccc([C@@H]3C[C@H]3N)cn2)c1.Cl. The lowest BCUT2D eigenvalue weighted by atomic mass is 10.1. The number of halogens is 1. The van der Waals surface area contributed by atoms with E-state index in [0.29, 0.717) is 22.9 Å². The molecular formula is C15H18ClN3O3S. The lowest BCUT2D eigenvalue weighted by molar-refractivity contribution is 0.477. The standard InChI is InChI=1S/C15H17N3O3S.ClH/c1-22(20,21)18-10-3-5-15(19)12(6-10)14-4-2-9(8-17-14)11-7-13(11)16;/h2-6,8,11,13,18-19H,7,16H2,1H3;1H/t11-,13+;/m0./s1. The van der Waals surface area contributed by atoms with Gasteiger partial charge < -0.3 is 10.8 Å². The molecule has 1 saturated carbocycles. The molecule has 0 bridgehead atoms. The van der Waals surface area contributed by atoms with Crippen molar-refractivity contribution < 1.29 is 13.5 Å². The van der Waals surface area contributed by atoms with Gasteiger partial charge in [0, 0.05) is 29.4 Å². The number of nitrogens with two attached hydrogens (primary N) is 1. The molecule has 0 saturated heterocycles. The maximum atomic E-state index is 11.3. The Labute approximate surface area is 141 Å². The van der Waals surface area contributed by atoms with Crippen molar-refractivity contribution in [3.63, 3.8) is 0 Å². The lowest BCUT2D eigenvalue weighted by Gasteiger charge is -2.09. The van der Waals surface area contributed by atoms with Crippen molar-refractivity contribution in [1.82, 2.24) is 4.98 Å². The number of aromatic hydroxyl groups is 1. The number of aromatic nitrogens is 1. The van der Waals surface area contributed by atoms with E-state index in [0.717, 1.165) is 18.2 Å². The summed E-state index contributed by atoms with van der Waals surface area (Å²) >= 11 is 0. The molecule has 1 fully saturated rings. The zero-order valence-electron chi connectivity index (χ0n) is 12.4. The number of hydrogen-bond donors (Lipinski definition) is 3. The van der Waals surface area contributed by atoms with Gasteiger partial charge in [-0.15, -0.1) is 12.4 Å². The fourth-order valence-corrected chi connectivity index (χ4v) is 2.96. The van der Waals surface area contributed by atoms with E-state index in [2.05, 4.69) is 9.71 Å².